The Kier molecular flexibility index (Phi) is 4.99. The van der Waals surface area contributed by atoms with Gasteiger partial charge in [0.1, 0.15) is 5.52 Å². The Morgan fingerprint density at radius 3 is 2.64 bits per heavy atom. The number of oxazole rings is 1. The van der Waals surface area contributed by atoms with Gasteiger partial charge in [-0.1, -0.05) is 23.7 Å². The summed E-state index contributed by atoms with van der Waals surface area (Å²) in [6.07, 6.45) is 1.23. The number of ketones is 1. The van der Waals surface area contributed by atoms with Crippen molar-refractivity contribution >= 4 is 38.5 Å². The number of nitrogens with zero attached hydrogens (tertiary/aromatic N) is 2. The number of hydrogen-bond acceptors (Lipinski definition) is 5. The van der Waals surface area contributed by atoms with Crippen LogP contribution in [0.4, 0.5) is 0 Å². The standard InChI is InChI=1S/C20H19ClN2O4S/c1-13(24)15-3-2-4-17(11-15)28(25,26)23-9-7-14(8-10-23)20-22-18-12-16(21)5-6-19(18)27-20/h2-6,11-12,14H,7-10H2,1H3. The number of carbonyl (C=O) groups excluding carboxylic acids is 1. The monoisotopic (exact) mass is 418 g/mol. The van der Waals surface area contributed by atoms with Gasteiger partial charge in [-0.2, -0.15) is 4.31 Å². The van der Waals surface area contributed by atoms with Crippen molar-refractivity contribution in [3.8, 4) is 0 Å². The number of piperidine rings is 1. The van der Waals surface area contributed by atoms with Crippen LogP contribution in [0, 0.1) is 0 Å². The molecule has 1 fully saturated rings. The Bertz CT molecular complexity index is 1150. The highest BCUT2D eigenvalue weighted by Gasteiger charge is 2.32. The summed E-state index contributed by atoms with van der Waals surface area (Å²) in [7, 11) is -3.64. The van der Waals surface area contributed by atoms with Crippen LogP contribution in [0.25, 0.3) is 11.1 Å². The highest BCUT2D eigenvalue weighted by molar-refractivity contribution is 7.89. The third-order valence-electron chi connectivity index (χ3n) is 5.05. The lowest BCUT2D eigenvalue weighted by Gasteiger charge is -2.29. The van der Waals surface area contributed by atoms with E-state index in [0.717, 1.165) is 0 Å². The fraction of sp³-hybridized carbons (Fsp3) is 0.300. The average molecular weight is 419 g/mol. The molecule has 1 saturated heterocycles. The zero-order chi connectivity index (χ0) is 19.9. The maximum Gasteiger partial charge on any atom is 0.243 e. The summed E-state index contributed by atoms with van der Waals surface area (Å²) in [6.45, 7) is 2.16. The highest BCUT2D eigenvalue weighted by atomic mass is 35.5. The second-order valence-electron chi connectivity index (χ2n) is 6.93. The van der Waals surface area contributed by atoms with E-state index >= 15 is 0 Å². The van der Waals surface area contributed by atoms with Crippen LogP contribution < -0.4 is 0 Å². The molecule has 0 spiro atoms. The summed E-state index contributed by atoms with van der Waals surface area (Å²) in [6, 6.07) is 11.5. The van der Waals surface area contributed by atoms with Gasteiger partial charge < -0.3 is 4.42 Å². The van der Waals surface area contributed by atoms with Crippen molar-refractivity contribution in [2.45, 2.75) is 30.6 Å². The summed E-state index contributed by atoms with van der Waals surface area (Å²) >= 11 is 6.00. The minimum absolute atomic E-state index is 0.0566. The molecule has 0 unspecified atom stereocenters. The van der Waals surface area contributed by atoms with E-state index in [1.54, 1.807) is 30.3 Å². The zero-order valence-corrected chi connectivity index (χ0v) is 16.8. The first-order valence-electron chi connectivity index (χ1n) is 9.02. The van der Waals surface area contributed by atoms with Crippen LogP contribution in [0.15, 0.2) is 51.8 Å². The van der Waals surface area contributed by atoms with E-state index in [1.165, 1.54) is 23.4 Å². The van der Waals surface area contributed by atoms with Gasteiger partial charge in [-0.05, 0) is 50.1 Å². The molecule has 0 bridgehead atoms. The first kappa shape index (κ1) is 19.1. The fourth-order valence-electron chi connectivity index (χ4n) is 3.46. The molecule has 1 aromatic heterocycles. The second kappa shape index (κ2) is 7.31. The van der Waals surface area contributed by atoms with Crippen molar-refractivity contribution in [2.75, 3.05) is 13.1 Å². The Morgan fingerprint density at radius 2 is 1.93 bits per heavy atom. The van der Waals surface area contributed by atoms with E-state index in [-0.39, 0.29) is 16.6 Å². The average Bonchev–Trinajstić information content (AvgIpc) is 3.11. The molecule has 3 aromatic rings. The van der Waals surface area contributed by atoms with Crippen LogP contribution in [-0.2, 0) is 10.0 Å². The van der Waals surface area contributed by atoms with E-state index in [9.17, 15) is 13.2 Å². The largest absolute Gasteiger partial charge is 0.440 e. The molecule has 4 rings (SSSR count). The Morgan fingerprint density at radius 1 is 1.18 bits per heavy atom. The quantitative estimate of drug-likeness (QED) is 0.591. The third-order valence-corrected chi connectivity index (χ3v) is 7.18. The van der Waals surface area contributed by atoms with Gasteiger partial charge in [-0.25, -0.2) is 13.4 Å². The molecule has 0 radical (unpaired) electrons. The van der Waals surface area contributed by atoms with E-state index in [2.05, 4.69) is 4.98 Å². The van der Waals surface area contributed by atoms with Crippen molar-refractivity contribution in [2.24, 2.45) is 0 Å². The van der Waals surface area contributed by atoms with Gasteiger partial charge in [0.25, 0.3) is 0 Å². The van der Waals surface area contributed by atoms with Crippen LogP contribution >= 0.6 is 11.6 Å². The van der Waals surface area contributed by atoms with Crippen molar-refractivity contribution in [3.63, 3.8) is 0 Å². The molecule has 146 valence electrons. The SMILES string of the molecule is CC(=O)c1cccc(S(=O)(=O)N2CCC(c3nc4cc(Cl)ccc4o3)CC2)c1. The number of rotatable bonds is 4. The van der Waals surface area contributed by atoms with Gasteiger partial charge in [-0.3, -0.25) is 4.79 Å². The summed E-state index contributed by atoms with van der Waals surface area (Å²) in [5.41, 5.74) is 1.77. The molecule has 0 amide bonds. The smallest absolute Gasteiger partial charge is 0.243 e. The lowest BCUT2D eigenvalue weighted by Crippen LogP contribution is -2.38. The predicted molar refractivity (Wildman–Crippen MR) is 106 cm³/mol. The highest BCUT2D eigenvalue weighted by Crippen LogP contribution is 2.32. The van der Waals surface area contributed by atoms with Gasteiger partial charge in [0, 0.05) is 29.6 Å². The summed E-state index contributed by atoms with van der Waals surface area (Å²) in [5, 5.41) is 0.598. The number of hydrogen-bond donors (Lipinski definition) is 0. The van der Waals surface area contributed by atoms with Crippen LogP contribution in [0.5, 0.6) is 0 Å². The molecule has 0 aliphatic carbocycles. The molecule has 28 heavy (non-hydrogen) atoms. The van der Waals surface area contributed by atoms with E-state index in [1.807, 2.05) is 0 Å². The first-order chi connectivity index (χ1) is 13.3. The van der Waals surface area contributed by atoms with Crippen LogP contribution in [0.3, 0.4) is 0 Å². The lowest BCUT2D eigenvalue weighted by atomic mass is 9.98. The molecular weight excluding hydrogens is 400 g/mol. The maximum atomic E-state index is 12.9. The minimum Gasteiger partial charge on any atom is -0.440 e. The van der Waals surface area contributed by atoms with Gasteiger partial charge in [0.15, 0.2) is 17.3 Å². The molecule has 1 aliphatic heterocycles. The van der Waals surface area contributed by atoms with Gasteiger partial charge in [0.05, 0.1) is 4.90 Å². The van der Waals surface area contributed by atoms with Crippen LogP contribution in [0.2, 0.25) is 5.02 Å². The maximum absolute atomic E-state index is 12.9. The number of halogens is 1. The Balaban J connectivity index is 1.51. The molecule has 6 nitrogen and oxygen atoms in total. The van der Waals surface area contributed by atoms with Crippen molar-refractivity contribution in [3.05, 3.63) is 58.9 Å². The number of sulfonamides is 1. The summed E-state index contributed by atoms with van der Waals surface area (Å²) < 4.78 is 33.2. The number of carbonyl (C=O) groups is 1. The number of fused-ring (bicyclic) bond motifs is 1. The van der Waals surface area contributed by atoms with Crippen LogP contribution in [-0.4, -0.2) is 36.6 Å². The lowest BCUT2D eigenvalue weighted by molar-refractivity contribution is 0.101. The van der Waals surface area contributed by atoms with Crippen LogP contribution in [0.1, 0.15) is 41.9 Å². The fourth-order valence-corrected chi connectivity index (χ4v) is 5.14. The van der Waals surface area contributed by atoms with E-state index in [4.69, 9.17) is 16.0 Å². The first-order valence-corrected chi connectivity index (χ1v) is 10.8. The number of Topliss-reactive ketones (excluding diaryl/α,β-unsaturated/α-hetero) is 1. The number of aromatic nitrogens is 1. The summed E-state index contributed by atoms with van der Waals surface area (Å²) in [4.78, 5) is 16.2. The molecule has 0 saturated carbocycles. The molecule has 2 aromatic carbocycles. The molecule has 0 atom stereocenters. The van der Waals surface area contributed by atoms with Crippen molar-refractivity contribution < 1.29 is 17.6 Å². The molecule has 8 heteroatoms. The van der Waals surface area contributed by atoms with Crippen molar-refractivity contribution in [1.82, 2.24) is 9.29 Å². The molecule has 1 aliphatic rings. The molecule has 0 N–H and O–H groups in total. The van der Waals surface area contributed by atoms with E-state index in [0.29, 0.717) is 53.5 Å². The zero-order valence-electron chi connectivity index (χ0n) is 15.3. The Labute approximate surface area is 168 Å². The van der Waals surface area contributed by atoms with Crippen molar-refractivity contribution in [1.29, 1.82) is 0 Å². The Hall–Kier alpha value is -2.22. The topological polar surface area (TPSA) is 80.5 Å². The van der Waals surface area contributed by atoms with Gasteiger partial charge >= 0.3 is 0 Å². The molecule has 2 heterocycles. The molecular formula is C20H19ClN2O4S. The van der Waals surface area contributed by atoms with Gasteiger partial charge in [-0.15, -0.1) is 0 Å². The number of benzene rings is 2. The third kappa shape index (κ3) is 3.57. The minimum atomic E-state index is -3.64. The summed E-state index contributed by atoms with van der Waals surface area (Å²) in [5.74, 6) is 0.515. The predicted octanol–water partition coefficient (Wildman–Crippen LogP) is 4.25. The normalized spacial score (nSPS) is 16.5. The van der Waals surface area contributed by atoms with E-state index < -0.39 is 10.0 Å². The second-order valence-corrected chi connectivity index (χ2v) is 9.30. The van der Waals surface area contributed by atoms with Gasteiger partial charge in [0.2, 0.25) is 10.0 Å².